The average molecular weight is 284 g/mol. The van der Waals surface area contributed by atoms with E-state index in [4.69, 9.17) is 5.26 Å². The van der Waals surface area contributed by atoms with Crippen LogP contribution in [0.15, 0.2) is 18.6 Å². The van der Waals surface area contributed by atoms with Crippen molar-refractivity contribution in [3.63, 3.8) is 0 Å². The van der Waals surface area contributed by atoms with Crippen LogP contribution in [0.25, 0.3) is 0 Å². The van der Waals surface area contributed by atoms with Crippen LogP contribution >= 0.6 is 0 Å². The minimum absolute atomic E-state index is 0.131. The number of carbonyl (C=O) groups excluding carboxylic acids is 1. The molecule has 1 aliphatic rings. The van der Waals surface area contributed by atoms with E-state index in [0.29, 0.717) is 17.2 Å². The largest absolute Gasteiger partial charge is 0.356 e. The number of rotatable bonds is 5. The molecule has 7 nitrogen and oxygen atoms in total. The summed E-state index contributed by atoms with van der Waals surface area (Å²) in [5.41, 5.74) is 0.833. The summed E-state index contributed by atoms with van der Waals surface area (Å²) in [5.74, 6) is 0.980. The topological polar surface area (TPSA) is 99.4 Å². The van der Waals surface area contributed by atoms with Gasteiger partial charge in [-0.25, -0.2) is 9.67 Å². The Morgan fingerprint density at radius 2 is 2.48 bits per heavy atom. The third-order valence-corrected chi connectivity index (χ3v) is 3.66. The van der Waals surface area contributed by atoms with E-state index >= 15 is 0 Å². The molecular weight excluding hydrogens is 268 g/mol. The fraction of sp³-hybridized carbons (Fsp3) is 0.429. The molecule has 2 N–H and O–H groups in total. The maximum absolute atomic E-state index is 12.3. The first-order valence-electron chi connectivity index (χ1n) is 7.00. The summed E-state index contributed by atoms with van der Waals surface area (Å²) in [7, 11) is 0. The minimum Gasteiger partial charge on any atom is -0.356 e. The zero-order valence-electron chi connectivity index (χ0n) is 11.7. The van der Waals surface area contributed by atoms with E-state index in [9.17, 15) is 4.79 Å². The van der Waals surface area contributed by atoms with Crippen LogP contribution in [-0.4, -0.2) is 25.7 Å². The predicted octanol–water partition coefficient (Wildman–Crippen LogP) is 1.38. The van der Waals surface area contributed by atoms with Crippen molar-refractivity contribution >= 4 is 5.91 Å². The number of nitrogens with one attached hydrogen (secondary N) is 2. The Bertz CT molecular complexity index is 690. The van der Waals surface area contributed by atoms with Gasteiger partial charge in [-0.1, -0.05) is 0 Å². The second-order valence-electron chi connectivity index (χ2n) is 5.14. The maximum atomic E-state index is 12.3. The number of hydrogen-bond donors (Lipinski definition) is 2. The number of nitrogens with zero attached hydrogens (tertiary/aromatic N) is 4. The first-order chi connectivity index (χ1) is 10.2. The van der Waals surface area contributed by atoms with E-state index in [0.717, 1.165) is 25.2 Å². The lowest BCUT2D eigenvalue weighted by Crippen LogP contribution is -2.32. The van der Waals surface area contributed by atoms with Crippen LogP contribution in [0.1, 0.15) is 47.7 Å². The van der Waals surface area contributed by atoms with Crippen molar-refractivity contribution in [1.82, 2.24) is 25.1 Å². The van der Waals surface area contributed by atoms with Gasteiger partial charge in [-0.3, -0.25) is 4.79 Å². The summed E-state index contributed by atoms with van der Waals surface area (Å²) in [6.07, 6.45) is 5.20. The van der Waals surface area contributed by atoms with Gasteiger partial charge in [-0.15, -0.1) is 0 Å². The van der Waals surface area contributed by atoms with Gasteiger partial charge < -0.3 is 10.3 Å². The number of hydrogen-bond acceptors (Lipinski definition) is 4. The number of carbonyl (C=O) groups is 1. The summed E-state index contributed by atoms with van der Waals surface area (Å²) in [6, 6.07) is 3.41. The van der Waals surface area contributed by atoms with Crippen molar-refractivity contribution in [1.29, 1.82) is 5.26 Å². The van der Waals surface area contributed by atoms with Crippen LogP contribution in [-0.2, 0) is 6.54 Å². The molecule has 108 valence electrons. The molecule has 1 aliphatic carbocycles. The molecule has 0 bridgehead atoms. The van der Waals surface area contributed by atoms with Crippen molar-refractivity contribution in [2.24, 2.45) is 5.92 Å². The van der Waals surface area contributed by atoms with E-state index in [-0.39, 0.29) is 11.9 Å². The molecule has 2 aromatic heterocycles. The van der Waals surface area contributed by atoms with Gasteiger partial charge in [0.15, 0.2) is 0 Å². The molecule has 0 aromatic carbocycles. The standard InChI is InChI=1S/C14H16N6O/c1-2-20-13(17-8-18-20)12(10-3-4-10)19-14(21)11-5-9(6-15)7-16-11/h5,7-8,10,12,16H,2-4H2,1H3,(H,19,21)/t12-/m0/s1. The number of aromatic amines is 1. The SMILES string of the molecule is CCn1ncnc1[C@@H](NC(=O)c1cc(C#N)c[nH]1)C1CC1. The van der Waals surface area contributed by atoms with Crippen molar-refractivity contribution in [3.05, 3.63) is 35.7 Å². The maximum Gasteiger partial charge on any atom is 0.268 e. The molecule has 2 heterocycles. The van der Waals surface area contributed by atoms with E-state index in [1.807, 2.05) is 13.0 Å². The lowest BCUT2D eigenvalue weighted by Gasteiger charge is -2.17. The number of nitriles is 1. The summed E-state index contributed by atoms with van der Waals surface area (Å²) >= 11 is 0. The monoisotopic (exact) mass is 284 g/mol. The Hall–Kier alpha value is -2.62. The lowest BCUT2D eigenvalue weighted by molar-refractivity contribution is 0.0924. The van der Waals surface area contributed by atoms with E-state index in [1.165, 1.54) is 12.5 Å². The van der Waals surface area contributed by atoms with Gasteiger partial charge in [0, 0.05) is 12.7 Å². The number of H-pyrrole nitrogens is 1. The Kier molecular flexibility index (Phi) is 3.44. The molecule has 1 fully saturated rings. The van der Waals surface area contributed by atoms with Crippen LogP contribution in [0.2, 0.25) is 0 Å². The number of aryl methyl sites for hydroxylation is 1. The highest BCUT2D eigenvalue weighted by Crippen LogP contribution is 2.40. The molecule has 21 heavy (non-hydrogen) atoms. The van der Waals surface area contributed by atoms with Crippen LogP contribution < -0.4 is 5.32 Å². The first kappa shape index (κ1) is 13.4. The van der Waals surface area contributed by atoms with Crippen molar-refractivity contribution in [2.75, 3.05) is 0 Å². The number of amides is 1. The van der Waals surface area contributed by atoms with Gasteiger partial charge in [-0.2, -0.15) is 10.4 Å². The summed E-state index contributed by atoms with van der Waals surface area (Å²) < 4.78 is 1.80. The van der Waals surface area contributed by atoms with E-state index in [2.05, 4.69) is 20.4 Å². The fourth-order valence-electron chi connectivity index (χ4n) is 2.39. The lowest BCUT2D eigenvalue weighted by atomic mass is 10.1. The van der Waals surface area contributed by atoms with Gasteiger partial charge in [0.1, 0.15) is 23.9 Å². The van der Waals surface area contributed by atoms with Crippen molar-refractivity contribution in [2.45, 2.75) is 32.4 Å². The zero-order chi connectivity index (χ0) is 14.8. The quantitative estimate of drug-likeness (QED) is 0.866. The number of aromatic nitrogens is 4. The average Bonchev–Trinajstić information content (AvgIpc) is 3.05. The van der Waals surface area contributed by atoms with Crippen molar-refractivity contribution < 1.29 is 4.79 Å². The summed E-state index contributed by atoms with van der Waals surface area (Å²) in [4.78, 5) is 19.4. The molecule has 1 atom stereocenters. The third kappa shape index (κ3) is 2.65. The molecule has 0 unspecified atom stereocenters. The molecule has 1 saturated carbocycles. The minimum atomic E-state index is -0.223. The molecule has 0 aliphatic heterocycles. The molecule has 0 spiro atoms. The highest BCUT2D eigenvalue weighted by Gasteiger charge is 2.36. The third-order valence-electron chi connectivity index (χ3n) is 3.66. The van der Waals surface area contributed by atoms with Crippen LogP contribution in [0.4, 0.5) is 0 Å². The highest BCUT2D eigenvalue weighted by atomic mass is 16.2. The van der Waals surface area contributed by atoms with Crippen LogP contribution in [0, 0.1) is 17.2 Å². The Labute approximate surface area is 122 Å². The zero-order valence-corrected chi connectivity index (χ0v) is 11.7. The fourth-order valence-corrected chi connectivity index (χ4v) is 2.39. The Morgan fingerprint density at radius 1 is 1.67 bits per heavy atom. The second-order valence-corrected chi connectivity index (χ2v) is 5.14. The van der Waals surface area contributed by atoms with Gasteiger partial charge in [0.05, 0.1) is 11.6 Å². The van der Waals surface area contributed by atoms with Gasteiger partial charge >= 0.3 is 0 Å². The van der Waals surface area contributed by atoms with Gasteiger partial charge in [-0.05, 0) is 31.7 Å². The molecule has 2 aromatic rings. The van der Waals surface area contributed by atoms with Crippen molar-refractivity contribution in [3.8, 4) is 6.07 Å². The van der Waals surface area contributed by atoms with E-state index < -0.39 is 0 Å². The molecule has 1 amide bonds. The molecule has 7 heteroatoms. The van der Waals surface area contributed by atoms with Crippen LogP contribution in [0.3, 0.4) is 0 Å². The highest BCUT2D eigenvalue weighted by molar-refractivity contribution is 5.93. The molecule has 3 rings (SSSR count). The Morgan fingerprint density at radius 3 is 3.10 bits per heavy atom. The van der Waals surface area contributed by atoms with Crippen LogP contribution in [0.5, 0.6) is 0 Å². The molecule has 0 saturated heterocycles. The predicted molar refractivity (Wildman–Crippen MR) is 74.1 cm³/mol. The normalized spacial score (nSPS) is 15.4. The van der Waals surface area contributed by atoms with Gasteiger partial charge in [0.25, 0.3) is 5.91 Å². The van der Waals surface area contributed by atoms with E-state index in [1.54, 1.807) is 10.7 Å². The molecule has 0 radical (unpaired) electrons. The smallest absolute Gasteiger partial charge is 0.268 e. The first-order valence-corrected chi connectivity index (χ1v) is 7.00. The molecular formula is C14H16N6O. The summed E-state index contributed by atoms with van der Waals surface area (Å²) in [6.45, 7) is 2.71. The Balaban J connectivity index is 1.80. The summed E-state index contributed by atoms with van der Waals surface area (Å²) in [5, 5.41) is 16.0. The second kappa shape index (κ2) is 5.40. The van der Waals surface area contributed by atoms with Gasteiger partial charge in [0.2, 0.25) is 0 Å².